The van der Waals surface area contributed by atoms with E-state index in [4.69, 9.17) is 11.6 Å². The summed E-state index contributed by atoms with van der Waals surface area (Å²) in [5, 5.41) is -6.42. The number of halogens is 10. The molecule has 1 aliphatic carbocycles. The van der Waals surface area contributed by atoms with Gasteiger partial charge in [0, 0.05) is 17.1 Å². The Morgan fingerprint density at radius 3 is 2.11 bits per heavy atom. The Kier molecular flexibility index (Phi) is 6.11. The Morgan fingerprint density at radius 2 is 1.64 bits per heavy atom. The number of pyridine rings is 1. The molecular weight excluding hydrogens is 574 g/mol. The molecule has 0 aromatic carbocycles. The van der Waals surface area contributed by atoms with Crippen LogP contribution in [0.15, 0.2) is 39.9 Å². The van der Waals surface area contributed by atoms with Gasteiger partial charge in [0.25, 0.3) is 0 Å². The molecule has 1 aromatic heterocycles. The lowest BCUT2D eigenvalue weighted by Gasteiger charge is -2.31. The van der Waals surface area contributed by atoms with Gasteiger partial charge in [-0.15, -0.1) is 0 Å². The predicted octanol–water partition coefficient (Wildman–Crippen LogP) is 5.91. The van der Waals surface area contributed by atoms with Crippen molar-refractivity contribution >= 4 is 53.3 Å². The van der Waals surface area contributed by atoms with E-state index in [0.717, 1.165) is 6.20 Å². The van der Waals surface area contributed by atoms with Gasteiger partial charge in [0.2, 0.25) is 9.84 Å². The molecule has 3 nitrogen and oxygen atoms in total. The van der Waals surface area contributed by atoms with E-state index in [1.807, 2.05) is 0 Å². The van der Waals surface area contributed by atoms with Crippen LogP contribution in [0.4, 0.5) is 30.7 Å². The molecule has 1 aliphatic rings. The first-order valence-electron chi connectivity index (χ1n) is 6.79. The summed E-state index contributed by atoms with van der Waals surface area (Å²) in [6.07, 6.45) is -3.38. The van der Waals surface area contributed by atoms with E-state index in [0.29, 0.717) is 12.2 Å². The average molecular weight is 581 g/mol. The summed E-state index contributed by atoms with van der Waals surface area (Å²) >= 11 is 11.5. The van der Waals surface area contributed by atoms with Crippen molar-refractivity contribution in [3.63, 3.8) is 0 Å². The zero-order valence-corrected chi connectivity index (χ0v) is 17.7. The predicted molar refractivity (Wildman–Crippen MR) is 94.1 cm³/mol. The minimum Gasteiger partial charge on any atom is -0.244 e. The maximum Gasteiger partial charge on any atom is 0.461 e. The van der Waals surface area contributed by atoms with Gasteiger partial charge in [-0.1, -0.05) is 49.5 Å². The number of alkyl halides is 8. The van der Waals surface area contributed by atoms with Crippen LogP contribution >= 0.6 is 43.5 Å². The van der Waals surface area contributed by atoms with Gasteiger partial charge in [-0.25, -0.2) is 13.4 Å². The van der Waals surface area contributed by atoms with Gasteiger partial charge in [0.15, 0.2) is 0 Å². The van der Waals surface area contributed by atoms with Gasteiger partial charge >= 0.3 is 17.4 Å². The molecule has 0 N–H and O–H groups in total. The molecule has 0 spiro atoms. The normalized spacial score (nSPS) is 21.9. The minimum absolute atomic E-state index is 0.0402. The van der Waals surface area contributed by atoms with E-state index in [1.165, 1.54) is 18.6 Å². The van der Waals surface area contributed by atoms with E-state index >= 15 is 0 Å². The standard InChI is InChI=1S/C14H6Br2ClF7NO2S/c15-8-3-9(5-11(16,4-8)7-1-2-10(17)25-6-7)28(26,27)14(23,24)12(18,19)13(20,21)22/h1-6H. The van der Waals surface area contributed by atoms with Crippen LogP contribution < -0.4 is 0 Å². The number of rotatable bonds is 4. The van der Waals surface area contributed by atoms with Gasteiger partial charge in [-0.3, -0.25) is 0 Å². The van der Waals surface area contributed by atoms with Gasteiger partial charge in [0.05, 0.1) is 9.23 Å². The van der Waals surface area contributed by atoms with E-state index in [-0.39, 0.29) is 15.2 Å². The lowest BCUT2D eigenvalue weighted by molar-refractivity contribution is -0.331. The van der Waals surface area contributed by atoms with Gasteiger partial charge in [-0.2, -0.15) is 30.7 Å². The molecule has 1 aromatic rings. The third-order valence-electron chi connectivity index (χ3n) is 3.52. The van der Waals surface area contributed by atoms with Gasteiger partial charge in [-0.05, 0) is 23.8 Å². The second-order valence-electron chi connectivity index (χ2n) is 5.45. The van der Waals surface area contributed by atoms with Crippen LogP contribution in [0.3, 0.4) is 0 Å². The van der Waals surface area contributed by atoms with E-state index in [1.54, 1.807) is 0 Å². The fourth-order valence-electron chi connectivity index (χ4n) is 2.07. The topological polar surface area (TPSA) is 47.0 Å². The van der Waals surface area contributed by atoms with Gasteiger partial charge < -0.3 is 0 Å². The second kappa shape index (κ2) is 7.24. The van der Waals surface area contributed by atoms with E-state index < -0.39 is 36.4 Å². The summed E-state index contributed by atoms with van der Waals surface area (Å²) in [7, 11) is -6.47. The van der Waals surface area contributed by atoms with Crippen LogP contribution in [0.2, 0.25) is 5.15 Å². The number of sulfone groups is 1. The molecular formula is C14H6Br2ClF7NO2S. The second-order valence-corrected chi connectivity index (χ2v) is 10.1. The van der Waals surface area contributed by atoms with Crippen LogP contribution in [0.25, 0.3) is 0 Å². The lowest BCUT2D eigenvalue weighted by atomic mass is 9.93. The summed E-state index contributed by atoms with van der Waals surface area (Å²) in [5.41, 5.74) is 0.139. The highest BCUT2D eigenvalue weighted by Crippen LogP contribution is 2.53. The van der Waals surface area contributed by atoms with Crippen LogP contribution in [0.5, 0.6) is 0 Å². The molecule has 0 saturated carbocycles. The fraction of sp³-hybridized carbons (Fsp3) is 0.286. The monoisotopic (exact) mass is 578 g/mol. The Labute approximate surface area is 175 Å². The number of hydrogen-bond donors (Lipinski definition) is 0. The molecule has 28 heavy (non-hydrogen) atoms. The molecule has 0 saturated heterocycles. The minimum atomic E-state index is -6.82. The quantitative estimate of drug-likeness (QED) is 0.253. The molecule has 1 atom stereocenters. The van der Waals surface area contributed by atoms with Crippen LogP contribution in [0, 0.1) is 6.42 Å². The first kappa shape index (κ1) is 23.6. The molecule has 1 unspecified atom stereocenters. The maximum atomic E-state index is 13.9. The summed E-state index contributed by atoms with van der Waals surface area (Å²) in [4.78, 5) is 2.26. The van der Waals surface area contributed by atoms with Crippen molar-refractivity contribution in [3.05, 3.63) is 57.0 Å². The Balaban J connectivity index is 2.64. The highest BCUT2D eigenvalue weighted by Gasteiger charge is 2.79. The highest BCUT2D eigenvalue weighted by molar-refractivity contribution is 9.12. The Morgan fingerprint density at radius 1 is 1.07 bits per heavy atom. The van der Waals surface area contributed by atoms with Crippen LogP contribution in [-0.2, 0) is 14.2 Å². The summed E-state index contributed by atoms with van der Waals surface area (Å²) in [6.45, 7) is 0. The molecule has 0 amide bonds. The number of nitrogens with zero attached hydrogens (tertiary/aromatic N) is 1. The van der Waals surface area contributed by atoms with E-state index in [9.17, 15) is 39.2 Å². The molecule has 1 heterocycles. The average Bonchev–Trinajstić information content (AvgIpc) is 2.53. The summed E-state index contributed by atoms with van der Waals surface area (Å²) in [6, 6.07) is 2.59. The number of allylic oxidation sites excluding steroid dienone is 3. The van der Waals surface area contributed by atoms with Gasteiger partial charge in [0.1, 0.15) is 5.15 Å². The zero-order valence-electron chi connectivity index (χ0n) is 12.9. The Bertz CT molecular complexity index is 945. The number of aromatic nitrogens is 1. The molecule has 0 aliphatic heterocycles. The van der Waals surface area contributed by atoms with Crippen LogP contribution in [0.1, 0.15) is 5.56 Å². The summed E-state index contributed by atoms with van der Waals surface area (Å²) in [5.74, 6) is -6.82. The van der Waals surface area contributed by atoms with Crippen molar-refractivity contribution in [2.45, 2.75) is 21.7 Å². The highest BCUT2D eigenvalue weighted by atomic mass is 79.9. The summed E-state index contributed by atoms with van der Waals surface area (Å²) < 4.78 is 114. The molecule has 0 bridgehead atoms. The third kappa shape index (κ3) is 3.86. The van der Waals surface area contributed by atoms with Crippen molar-refractivity contribution in [2.24, 2.45) is 0 Å². The van der Waals surface area contributed by atoms with Crippen molar-refractivity contribution in [2.75, 3.05) is 0 Å². The van der Waals surface area contributed by atoms with Crippen molar-refractivity contribution < 1.29 is 39.2 Å². The largest absolute Gasteiger partial charge is 0.461 e. The van der Waals surface area contributed by atoms with Crippen molar-refractivity contribution in [3.8, 4) is 0 Å². The van der Waals surface area contributed by atoms with Crippen molar-refractivity contribution in [1.29, 1.82) is 0 Å². The zero-order chi connectivity index (χ0) is 21.8. The van der Waals surface area contributed by atoms with Crippen molar-refractivity contribution in [1.82, 2.24) is 4.98 Å². The van der Waals surface area contributed by atoms with Crippen LogP contribution in [-0.4, -0.2) is 30.8 Å². The molecule has 1 radical (unpaired) electrons. The third-order valence-corrected chi connectivity index (χ3v) is 6.90. The smallest absolute Gasteiger partial charge is 0.244 e. The lowest BCUT2D eigenvalue weighted by Crippen LogP contribution is -2.56. The SMILES string of the molecule is O=S(=O)(C1=CC(Br)(c2ccc(Cl)nc2)[CH]C(Br)=C1)C(F)(F)C(F)(F)C(F)(F)F. The first-order chi connectivity index (χ1) is 12.5. The molecule has 14 heteroatoms. The van der Waals surface area contributed by atoms with E-state index in [2.05, 4.69) is 36.8 Å². The molecule has 155 valence electrons. The molecule has 2 rings (SSSR count). The fourth-order valence-corrected chi connectivity index (χ4v) is 5.50. The molecule has 0 fully saturated rings. The maximum absolute atomic E-state index is 13.9. The Hall–Kier alpha value is -0.660. The first-order valence-corrected chi connectivity index (χ1v) is 10.2. The number of hydrogen-bond acceptors (Lipinski definition) is 3.